The van der Waals surface area contributed by atoms with Crippen LogP contribution in [0.25, 0.3) is 4.98 Å². The van der Waals surface area contributed by atoms with Gasteiger partial charge >= 0.3 is 5.69 Å². The van der Waals surface area contributed by atoms with Crippen molar-refractivity contribution >= 4 is 11.7 Å². The molecule has 0 radical (unpaired) electrons. The topological polar surface area (TPSA) is 86.7 Å². The van der Waals surface area contributed by atoms with Gasteiger partial charge in [0, 0.05) is 0 Å². The Morgan fingerprint density at radius 3 is 2.27 bits per heavy atom. The van der Waals surface area contributed by atoms with Crippen LogP contribution in [0, 0.1) is 5.39 Å². The molecule has 0 aromatic heterocycles. The van der Waals surface area contributed by atoms with Crippen LogP contribution in [0.3, 0.4) is 0 Å². The molecule has 0 amide bonds. The normalized spacial score (nSPS) is 9.13. The number of hydrogen-bond donors (Lipinski definition) is 0. The van der Waals surface area contributed by atoms with Crippen LogP contribution in [0.1, 0.15) is 10.4 Å². The summed E-state index contributed by atoms with van der Waals surface area (Å²) >= 11 is 0. The van der Waals surface area contributed by atoms with E-state index in [1.807, 2.05) is 0 Å². The Bertz CT molecular complexity index is 436. The third-order valence-electron chi connectivity index (χ3n) is 1.85. The molecule has 1 aromatic carbocycles. The van der Waals surface area contributed by atoms with Gasteiger partial charge in [-0.3, -0.25) is 0 Å². The minimum Gasteiger partial charge on any atom is -0.544 e. The van der Waals surface area contributed by atoms with Crippen LogP contribution in [0.4, 0.5) is 5.69 Å². The number of carbonyl (C=O) groups excluding carboxylic acids is 1. The van der Waals surface area contributed by atoms with E-state index in [2.05, 4.69) is 4.98 Å². The van der Waals surface area contributed by atoms with Gasteiger partial charge in [0.1, 0.15) is 11.3 Å². The molecular formula is C9H8N2O4. The number of rotatable bonds is 3. The highest BCUT2D eigenvalue weighted by Gasteiger charge is 2.26. The lowest BCUT2D eigenvalue weighted by Gasteiger charge is -2.07. The number of benzene rings is 1. The first kappa shape index (κ1) is 10.8. The average molecular weight is 208 g/mol. The number of ether oxygens (including phenoxy) is 2. The van der Waals surface area contributed by atoms with Crippen LogP contribution < -0.4 is 14.6 Å². The highest BCUT2D eigenvalue weighted by Crippen LogP contribution is 2.36. The van der Waals surface area contributed by atoms with Crippen molar-refractivity contribution in [3.8, 4) is 11.5 Å². The lowest BCUT2D eigenvalue weighted by molar-refractivity contribution is -0.255. The van der Waals surface area contributed by atoms with Gasteiger partial charge in [-0.2, -0.15) is 0 Å². The average Bonchev–Trinajstić information content (AvgIpc) is 2.26. The first-order chi connectivity index (χ1) is 7.15. The number of carboxylic acid groups (broad SMARTS) is 1. The molecule has 0 spiro atoms. The van der Waals surface area contributed by atoms with E-state index >= 15 is 0 Å². The van der Waals surface area contributed by atoms with E-state index in [0.717, 1.165) is 0 Å². The largest absolute Gasteiger partial charge is 0.544 e. The van der Waals surface area contributed by atoms with E-state index in [0.29, 0.717) is 0 Å². The Morgan fingerprint density at radius 2 is 1.87 bits per heavy atom. The monoisotopic (exact) mass is 208 g/mol. The van der Waals surface area contributed by atoms with Gasteiger partial charge in [-0.25, -0.2) is 0 Å². The van der Waals surface area contributed by atoms with Crippen molar-refractivity contribution in [3.63, 3.8) is 0 Å². The lowest BCUT2D eigenvalue weighted by Crippen LogP contribution is -2.23. The van der Waals surface area contributed by atoms with E-state index in [9.17, 15) is 9.90 Å². The van der Waals surface area contributed by atoms with Gasteiger partial charge in [-0.1, -0.05) is 0 Å². The van der Waals surface area contributed by atoms with Crippen LogP contribution >= 0.6 is 0 Å². The van der Waals surface area contributed by atoms with Crippen LogP contribution in [-0.4, -0.2) is 20.2 Å². The van der Waals surface area contributed by atoms with Gasteiger partial charge in [-0.15, -0.1) is 0 Å². The fourth-order valence-electron chi connectivity index (χ4n) is 1.18. The van der Waals surface area contributed by atoms with Gasteiger partial charge < -0.3 is 19.4 Å². The molecule has 0 saturated carbocycles. The second-order valence-electron chi connectivity index (χ2n) is 2.58. The van der Waals surface area contributed by atoms with E-state index in [-0.39, 0.29) is 22.7 Å². The third kappa shape index (κ3) is 1.81. The van der Waals surface area contributed by atoms with Gasteiger partial charge in [0.15, 0.2) is 4.98 Å². The van der Waals surface area contributed by atoms with Crippen LogP contribution in [0.5, 0.6) is 11.5 Å². The second kappa shape index (κ2) is 4.28. The Kier molecular flexibility index (Phi) is 3.08. The number of methoxy groups -OCH3 is 2. The van der Waals surface area contributed by atoms with Crippen molar-refractivity contribution in [1.29, 1.82) is 5.39 Å². The summed E-state index contributed by atoms with van der Waals surface area (Å²) in [5.74, 6) is -1.33. The molecule has 6 heteroatoms. The first-order valence-electron chi connectivity index (χ1n) is 3.97. The second-order valence-corrected chi connectivity index (χ2v) is 2.58. The minimum absolute atomic E-state index is 0.0450. The summed E-state index contributed by atoms with van der Waals surface area (Å²) in [6, 6.07) is 2.82. The van der Waals surface area contributed by atoms with Crippen LogP contribution in [-0.2, 0) is 0 Å². The van der Waals surface area contributed by atoms with E-state index in [1.54, 1.807) is 0 Å². The van der Waals surface area contributed by atoms with Crippen molar-refractivity contribution in [2.75, 3.05) is 14.2 Å². The summed E-state index contributed by atoms with van der Waals surface area (Å²) in [5.41, 5.74) is -0.573. The van der Waals surface area contributed by atoms with Crippen molar-refractivity contribution < 1.29 is 19.4 Å². The molecule has 0 aliphatic rings. The summed E-state index contributed by atoms with van der Waals surface area (Å²) in [7, 11) is 2.63. The summed E-state index contributed by atoms with van der Waals surface area (Å²) in [5, 5.41) is 19.5. The molecule has 1 aromatic rings. The summed E-state index contributed by atoms with van der Waals surface area (Å²) < 4.78 is 9.63. The summed E-state index contributed by atoms with van der Waals surface area (Å²) in [4.78, 5) is 13.7. The van der Waals surface area contributed by atoms with E-state index < -0.39 is 5.97 Å². The molecule has 78 valence electrons. The Morgan fingerprint density at radius 1 is 1.33 bits per heavy atom. The molecule has 0 unspecified atom stereocenters. The number of hydrogen-bond acceptors (Lipinski definition) is 5. The fraction of sp³-hybridized carbons (Fsp3) is 0.222. The van der Waals surface area contributed by atoms with Crippen molar-refractivity contribution in [2.24, 2.45) is 0 Å². The molecular weight excluding hydrogens is 200 g/mol. The van der Waals surface area contributed by atoms with Gasteiger partial charge in [0.05, 0.1) is 20.2 Å². The van der Waals surface area contributed by atoms with Crippen molar-refractivity contribution in [3.05, 3.63) is 22.7 Å². The molecule has 0 saturated heterocycles. The van der Waals surface area contributed by atoms with Crippen LogP contribution in [0.2, 0.25) is 0 Å². The molecule has 0 heterocycles. The van der Waals surface area contributed by atoms with Gasteiger partial charge in [-0.05, 0) is 12.1 Å². The molecule has 0 aliphatic carbocycles. The predicted molar refractivity (Wildman–Crippen MR) is 48.6 cm³/mol. The maximum Gasteiger partial charge on any atom is 0.438 e. The molecule has 15 heavy (non-hydrogen) atoms. The molecule has 1 rings (SSSR count). The Hall–Kier alpha value is -2.29. The van der Waals surface area contributed by atoms with E-state index in [1.165, 1.54) is 26.4 Å². The van der Waals surface area contributed by atoms with Gasteiger partial charge in [0.25, 0.3) is 0 Å². The number of aromatic carboxylic acids is 1. The first-order valence-corrected chi connectivity index (χ1v) is 3.97. The smallest absolute Gasteiger partial charge is 0.438 e. The van der Waals surface area contributed by atoms with Crippen molar-refractivity contribution in [1.82, 2.24) is 0 Å². The zero-order valence-corrected chi connectivity index (χ0v) is 8.18. The minimum atomic E-state index is -1.50. The van der Waals surface area contributed by atoms with Gasteiger partial charge in [0.2, 0.25) is 11.1 Å². The fourth-order valence-corrected chi connectivity index (χ4v) is 1.18. The standard InChI is InChI=1S/C9H8N2O4/c1-14-5-3-4-6(15-2)8(11-10)7(5)9(12)13/h3-4H,1-2H3. The maximum atomic E-state index is 10.8. The molecule has 0 aliphatic heterocycles. The van der Waals surface area contributed by atoms with Crippen LogP contribution in [0.15, 0.2) is 12.1 Å². The van der Waals surface area contributed by atoms with E-state index in [4.69, 9.17) is 14.9 Å². The number of diazo groups is 1. The third-order valence-corrected chi connectivity index (χ3v) is 1.85. The molecule has 0 N–H and O–H groups in total. The zero-order chi connectivity index (χ0) is 11.4. The quantitative estimate of drug-likeness (QED) is 0.677. The number of carbonyl (C=O) groups is 1. The van der Waals surface area contributed by atoms with Crippen molar-refractivity contribution in [2.45, 2.75) is 0 Å². The Balaban J connectivity index is 3.53. The maximum absolute atomic E-state index is 10.8. The lowest BCUT2D eigenvalue weighted by atomic mass is 10.1. The number of carboxylic acids is 1. The molecule has 6 nitrogen and oxygen atoms in total. The summed E-state index contributed by atoms with van der Waals surface area (Å²) in [6.45, 7) is 0. The highest BCUT2D eigenvalue weighted by molar-refractivity contribution is 5.98. The zero-order valence-electron chi connectivity index (χ0n) is 8.18. The SMILES string of the molecule is COc1ccc(OC)c(C(=O)[O-])c1[N+]#N. The molecule has 0 fully saturated rings. The number of nitrogens with zero attached hydrogens (tertiary/aromatic N) is 2. The Labute approximate surface area is 85.7 Å². The molecule has 0 bridgehead atoms. The highest BCUT2D eigenvalue weighted by atomic mass is 16.5. The predicted octanol–water partition coefficient (Wildman–Crippen LogP) is 0.552. The molecule has 0 atom stereocenters. The summed E-state index contributed by atoms with van der Waals surface area (Å²) in [6.07, 6.45) is 0.